The minimum absolute atomic E-state index is 0.247. The molecule has 1 heterocycles. The maximum atomic E-state index is 11.8. The van der Waals surface area contributed by atoms with Crippen LogP contribution in [0.25, 0.3) is 0 Å². The van der Waals surface area contributed by atoms with Gasteiger partial charge in [0.25, 0.3) is 0 Å². The van der Waals surface area contributed by atoms with Gasteiger partial charge < -0.3 is 10.1 Å². The summed E-state index contributed by atoms with van der Waals surface area (Å²) in [6, 6.07) is 1.53. The molecule has 1 N–H and O–H groups in total. The molecule has 0 aromatic carbocycles. The SMILES string of the molecule is [B]c1cncc([C@H](CC=C)NC(=O)OC(C)(C)C)c1. The molecule has 0 saturated heterocycles. The highest BCUT2D eigenvalue weighted by atomic mass is 16.6. The smallest absolute Gasteiger partial charge is 0.408 e. The van der Waals surface area contributed by atoms with Gasteiger partial charge in [-0.3, -0.25) is 4.98 Å². The Kier molecular flexibility index (Phi) is 5.15. The van der Waals surface area contributed by atoms with Gasteiger partial charge in [-0.2, -0.15) is 0 Å². The molecule has 0 spiro atoms. The minimum Gasteiger partial charge on any atom is -0.444 e. The van der Waals surface area contributed by atoms with E-state index in [9.17, 15) is 4.79 Å². The molecule has 2 radical (unpaired) electrons. The van der Waals surface area contributed by atoms with Gasteiger partial charge in [-0.1, -0.05) is 17.6 Å². The summed E-state index contributed by atoms with van der Waals surface area (Å²) in [6.07, 6.45) is 5.06. The second-order valence-corrected chi connectivity index (χ2v) is 5.27. The summed E-state index contributed by atoms with van der Waals surface area (Å²) in [4.78, 5) is 15.8. The molecule has 19 heavy (non-hydrogen) atoms. The Morgan fingerprint density at radius 1 is 1.58 bits per heavy atom. The van der Waals surface area contributed by atoms with Crippen molar-refractivity contribution in [3.8, 4) is 0 Å². The zero-order chi connectivity index (χ0) is 14.5. The molecule has 0 saturated carbocycles. The first-order valence-electron chi connectivity index (χ1n) is 6.12. The average Bonchev–Trinajstić information content (AvgIpc) is 2.26. The van der Waals surface area contributed by atoms with E-state index in [4.69, 9.17) is 12.6 Å². The van der Waals surface area contributed by atoms with Gasteiger partial charge in [-0.25, -0.2) is 4.79 Å². The number of amides is 1. The van der Waals surface area contributed by atoms with Crippen molar-refractivity contribution in [3.63, 3.8) is 0 Å². The zero-order valence-corrected chi connectivity index (χ0v) is 11.6. The largest absolute Gasteiger partial charge is 0.444 e. The van der Waals surface area contributed by atoms with Crippen LogP contribution in [0.5, 0.6) is 0 Å². The van der Waals surface area contributed by atoms with Crippen molar-refractivity contribution in [3.05, 3.63) is 36.7 Å². The standard InChI is InChI=1S/C14H19BN2O2/c1-5-6-12(10-7-11(15)9-16-8-10)17-13(18)19-14(2,3)4/h5,7-9,12H,1,6H2,2-4H3,(H,17,18)/t12-/m0/s1. The van der Waals surface area contributed by atoms with Gasteiger partial charge in [0, 0.05) is 12.4 Å². The van der Waals surface area contributed by atoms with Gasteiger partial charge in [-0.15, -0.1) is 6.58 Å². The van der Waals surface area contributed by atoms with Gasteiger partial charge in [0.05, 0.1) is 6.04 Å². The highest BCUT2D eigenvalue weighted by Crippen LogP contribution is 2.16. The van der Waals surface area contributed by atoms with Crippen molar-refractivity contribution in [2.75, 3.05) is 0 Å². The molecule has 0 aliphatic carbocycles. The number of nitrogens with one attached hydrogen (secondary N) is 1. The maximum Gasteiger partial charge on any atom is 0.408 e. The summed E-state index contributed by atoms with van der Waals surface area (Å²) in [6.45, 7) is 9.14. The molecule has 1 rings (SSSR count). The molecule has 0 bridgehead atoms. The van der Waals surface area contributed by atoms with Crippen LogP contribution in [-0.4, -0.2) is 24.5 Å². The molecule has 1 aromatic rings. The van der Waals surface area contributed by atoms with Crippen LogP contribution in [0.4, 0.5) is 4.79 Å². The van der Waals surface area contributed by atoms with E-state index in [1.54, 1.807) is 24.5 Å². The molecule has 4 nitrogen and oxygen atoms in total. The molecule has 1 aromatic heterocycles. The predicted octanol–water partition coefficient (Wildman–Crippen LogP) is 2.02. The summed E-state index contributed by atoms with van der Waals surface area (Å²) in [5.74, 6) is 0. The monoisotopic (exact) mass is 258 g/mol. The van der Waals surface area contributed by atoms with E-state index in [-0.39, 0.29) is 6.04 Å². The van der Waals surface area contributed by atoms with Crippen LogP contribution >= 0.6 is 0 Å². The number of carbonyl (C=O) groups excluding carboxylic acids is 1. The van der Waals surface area contributed by atoms with Crippen LogP contribution in [-0.2, 0) is 4.74 Å². The number of alkyl carbamates (subject to hydrolysis) is 1. The fraction of sp³-hybridized carbons (Fsp3) is 0.429. The Bertz CT molecular complexity index is 455. The normalized spacial score (nSPS) is 12.6. The van der Waals surface area contributed by atoms with Crippen LogP contribution in [0.15, 0.2) is 31.1 Å². The first kappa shape index (κ1) is 15.3. The first-order valence-corrected chi connectivity index (χ1v) is 6.12. The molecular formula is C14H19BN2O2. The van der Waals surface area contributed by atoms with Crippen LogP contribution in [0.3, 0.4) is 0 Å². The fourth-order valence-corrected chi connectivity index (χ4v) is 1.56. The third kappa shape index (κ3) is 5.59. The lowest BCUT2D eigenvalue weighted by Gasteiger charge is -2.23. The van der Waals surface area contributed by atoms with Crippen molar-refractivity contribution in [1.29, 1.82) is 0 Å². The maximum absolute atomic E-state index is 11.8. The quantitative estimate of drug-likeness (QED) is 0.664. The molecule has 0 aliphatic heterocycles. The Morgan fingerprint density at radius 3 is 2.79 bits per heavy atom. The van der Waals surface area contributed by atoms with Crippen LogP contribution in [0, 0.1) is 0 Å². The number of aromatic nitrogens is 1. The predicted molar refractivity (Wildman–Crippen MR) is 76.5 cm³/mol. The third-order valence-electron chi connectivity index (χ3n) is 2.28. The van der Waals surface area contributed by atoms with Crippen LogP contribution in [0.1, 0.15) is 38.8 Å². The molecule has 0 unspecified atom stereocenters. The third-order valence-corrected chi connectivity index (χ3v) is 2.28. The topological polar surface area (TPSA) is 51.2 Å². The van der Waals surface area contributed by atoms with Gasteiger partial charge >= 0.3 is 6.09 Å². The van der Waals surface area contributed by atoms with Gasteiger partial charge in [-0.05, 0) is 32.8 Å². The molecule has 100 valence electrons. The van der Waals surface area contributed by atoms with Crippen molar-refractivity contribution in [2.45, 2.75) is 38.8 Å². The van der Waals surface area contributed by atoms with Crippen LogP contribution in [0.2, 0.25) is 0 Å². The highest BCUT2D eigenvalue weighted by Gasteiger charge is 2.20. The zero-order valence-electron chi connectivity index (χ0n) is 11.6. The number of pyridine rings is 1. The number of ether oxygens (including phenoxy) is 1. The van der Waals surface area contributed by atoms with Gasteiger partial charge in [0.1, 0.15) is 13.4 Å². The van der Waals surface area contributed by atoms with Crippen LogP contribution < -0.4 is 10.8 Å². The summed E-state index contributed by atoms with van der Waals surface area (Å²) < 4.78 is 5.23. The Balaban J connectivity index is 2.78. The lowest BCUT2D eigenvalue weighted by atomic mass is 9.94. The summed E-state index contributed by atoms with van der Waals surface area (Å²) >= 11 is 0. The summed E-state index contributed by atoms with van der Waals surface area (Å²) in [5, 5.41) is 2.79. The molecule has 1 amide bonds. The molecule has 0 fully saturated rings. The second-order valence-electron chi connectivity index (χ2n) is 5.27. The van der Waals surface area contributed by atoms with Gasteiger partial charge in [0.2, 0.25) is 0 Å². The number of carbonyl (C=O) groups is 1. The lowest BCUT2D eigenvalue weighted by Crippen LogP contribution is -2.35. The minimum atomic E-state index is -0.531. The van der Waals surface area contributed by atoms with Crippen molar-refractivity contribution >= 4 is 19.4 Å². The van der Waals surface area contributed by atoms with Gasteiger partial charge in [0.15, 0.2) is 0 Å². The lowest BCUT2D eigenvalue weighted by molar-refractivity contribution is 0.0504. The summed E-state index contributed by atoms with van der Waals surface area (Å²) in [5.41, 5.74) is 0.847. The van der Waals surface area contributed by atoms with E-state index in [2.05, 4.69) is 16.9 Å². The molecular weight excluding hydrogens is 239 g/mol. The van der Waals surface area contributed by atoms with E-state index < -0.39 is 11.7 Å². The van der Waals surface area contributed by atoms with E-state index in [0.717, 1.165) is 5.56 Å². The number of hydrogen-bond donors (Lipinski definition) is 1. The second kappa shape index (κ2) is 6.41. The Hall–Kier alpha value is -1.78. The number of rotatable bonds is 4. The molecule has 5 heteroatoms. The first-order chi connectivity index (χ1) is 8.81. The Labute approximate surface area is 115 Å². The molecule has 1 atom stereocenters. The number of hydrogen-bond acceptors (Lipinski definition) is 3. The van der Waals surface area contributed by atoms with E-state index in [1.807, 2.05) is 20.8 Å². The van der Waals surface area contributed by atoms with Crippen molar-refractivity contribution < 1.29 is 9.53 Å². The fourth-order valence-electron chi connectivity index (χ4n) is 1.56. The molecule has 0 aliphatic rings. The highest BCUT2D eigenvalue weighted by molar-refractivity contribution is 6.32. The van der Waals surface area contributed by atoms with E-state index >= 15 is 0 Å². The van der Waals surface area contributed by atoms with E-state index in [1.165, 1.54) is 0 Å². The van der Waals surface area contributed by atoms with E-state index in [0.29, 0.717) is 11.9 Å². The Morgan fingerprint density at radius 2 is 2.26 bits per heavy atom. The summed E-state index contributed by atoms with van der Waals surface area (Å²) in [7, 11) is 5.69. The van der Waals surface area contributed by atoms with Crippen molar-refractivity contribution in [1.82, 2.24) is 10.3 Å². The van der Waals surface area contributed by atoms with Crippen molar-refractivity contribution in [2.24, 2.45) is 0 Å². The average molecular weight is 258 g/mol. The number of nitrogens with zero attached hydrogens (tertiary/aromatic N) is 1.